The zero-order valence-electron chi connectivity index (χ0n) is 12.5. The zero-order valence-corrected chi connectivity index (χ0v) is 13.2. The van der Waals surface area contributed by atoms with Gasteiger partial charge in [0.05, 0.1) is 17.6 Å². The van der Waals surface area contributed by atoms with Gasteiger partial charge in [-0.1, -0.05) is 12.1 Å². The molecular weight excluding hydrogens is 272 g/mol. The zero-order chi connectivity index (χ0) is 14.4. The summed E-state index contributed by atoms with van der Waals surface area (Å²) < 4.78 is 11.4. The molecule has 0 amide bonds. The molecule has 20 heavy (non-hydrogen) atoms. The van der Waals surface area contributed by atoms with Gasteiger partial charge in [0.15, 0.2) is 0 Å². The summed E-state index contributed by atoms with van der Waals surface area (Å²) in [7, 11) is 0. The monoisotopic (exact) mass is 296 g/mol. The van der Waals surface area contributed by atoms with Gasteiger partial charge < -0.3 is 9.47 Å². The average molecular weight is 297 g/mol. The van der Waals surface area contributed by atoms with Crippen LogP contribution in [0.25, 0.3) is 0 Å². The standard InChI is InChI=1S/C17H25ClO2/c1-13(2)20-16-8-6-14(7-9-16)17(18)11-10-15-5-3-4-12-19-15/h6-9,13,15,17H,3-5,10-12H2,1-2H3. The van der Waals surface area contributed by atoms with Gasteiger partial charge in [-0.2, -0.15) is 0 Å². The van der Waals surface area contributed by atoms with E-state index in [1.54, 1.807) is 0 Å². The number of rotatable bonds is 6. The summed E-state index contributed by atoms with van der Waals surface area (Å²) in [5.74, 6) is 0.906. The average Bonchev–Trinajstić information content (AvgIpc) is 2.46. The fourth-order valence-electron chi connectivity index (χ4n) is 2.56. The topological polar surface area (TPSA) is 18.5 Å². The minimum atomic E-state index is 0.0635. The van der Waals surface area contributed by atoms with Gasteiger partial charge in [-0.15, -0.1) is 11.6 Å². The lowest BCUT2D eigenvalue weighted by Crippen LogP contribution is -2.19. The molecule has 3 heteroatoms. The maximum absolute atomic E-state index is 6.49. The Morgan fingerprint density at radius 2 is 2.00 bits per heavy atom. The van der Waals surface area contributed by atoms with Crippen molar-refractivity contribution in [3.05, 3.63) is 29.8 Å². The van der Waals surface area contributed by atoms with E-state index in [0.29, 0.717) is 6.10 Å². The lowest BCUT2D eigenvalue weighted by atomic mass is 10.0. The van der Waals surface area contributed by atoms with Crippen molar-refractivity contribution in [1.29, 1.82) is 0 Å². The van der Waals surface area contributed by atoms with Gasteiger partial charge in [0, 0.05) is 6.61 Å². The minimum Gasteiger partial charge on any atom is -0.491 e. The van der Waals surface area contributed by atoms with Crippen molar-refractivity contribution in [3.63, 3.8) is 0 Å². The number of benzene rings is 1. The predicted octanol–water partition coefficient (Wildman–Crippen LogP) is 5.10. The molecule has 0 radical (unpaired) electrons. The summed E-state index contributed by atoms with van der Waals surface area (Å²) in [6.07, 6.45) is 6.32. The second-order valence-corrected chi connectivity index (χ2v) is 6.30. The van der Waals surface area contributed by atoms with Crippen LogP contribution in [0, 0.1) is 0 Å². The van der Waals surface area contributed by atoms with E-state index in [-0.39, 0.29) is 11.5 Å². The maximum Gasteiger partial charge on any atom is 0.119 e. The van der Waals surface area contributed by atoms with Gasteiger partial charge in [0.2, 0.25) is 0 Å². The Hall–Kier alpha value is -0.730. The molecule has 2 atom stereocenters. The van der Waals surface area contributed by atoms with Crippen molar-refractivity contribution in [2.45, 2.75) is 63.5 Å². The van der Waals surface area contributed by atoms with Crippen LogP contribution in [0.5, 0.6) is 5.75 Å². The number of halogens is 1. The van der Waals surface area contributed by atoms with Gasteiger partial charge in [0.25, 0.3) is 0 Å². The molecule has 1 aliphatic heterocycles. The molecule has 1 saturated heterocycles. The number of hydrogen-bond acceptors (Lipinski definition) is 2. The normalized spacial score (nSPS) is 20.9. The molecule has 1 aromatic rings. The SMILES string of the molecule is CC(C)Oc1ccc(C(Cl)CCC2CCCCO2)cc1. The first-order valence-electron chi connectivity index (χ1n) is 7.67. The molecule has 0 saturated carbocycles. The first-order chi connectivity index (χ1) is 9.65. The fraction of sp³-hybridized carbons (Fsp3) is 0.647. The van der Waals surface area contributed by atoms with Crippen LogP contribution in [0.4, 0.5) is 0 Å². The molecule has 2 nitrogen and oxygen atoms in total. The largest absolute Gasteiger partial charge is 0.491 e. The molecule has 1 fully saturated rings. The van der Waals surface area contributed by atoms with Crippen molar-refractivity contribution < 1.29 is 9.47 Å². The molecule has 0 spiro atoms. The number of ether oxygens (including phenoxy) is 2. The Morgan fingerprint density at radius 1 is 1.25 bits per heavy atom. The van der Waals surface area contributed by atoms with E-state index < -0.39 is 0 Å². The summed E-state index contributed by atoms with van der Waals surface area (Å²) in [5.41, 5.74) is 1.17. The highest BCUT2D eigenvalue weighted by Gasteiger charge is 2.16. The van der Waals surface area contributed by atoms with Crippen LogP contribution in [-0.2, 0) is 4.74 Å². The van der Waals surface area contributed by atoms with Crippen LogP contribution < -0.4 is 4.74 Å². The van der Waals surface area contributed by atoms with E-state index >= 15 is 0 Å². The van der Waals surface area contributed by atoms with Gasteiger partial charge in [-0.05, 0) is 63.6 Å². The quantitative estimate of drug-likeness (QED) is 0.680. The van der Waals surface area contributed by atoms with Crippen molar-refractivity contribution >= 4 is 11.6 Å². The number of hydrogen-bond donors (Lipinski definition) is 0. The summed E-state index contributed by atoms with van der Waals surface area (Å²) in [6.45, 7) is 4.98. The van der Waals surface area contributed by atoms with E-state index in [1.807, 2.05) is 26.0 Å². The lowest BCUT2D eigenvalue weighted by molar-refractivity contribution is 0.0100. The van der Waals surface area contributed by atoms with Crippen LogP contribution in [0.2, 0.25) is 0 Å². The molecular formula is C17H25ClO2. The van der Waals surface area contributed by atoms with Gasteiger partial charge >= 0.3 is 0 Å². The van der Waals surface area contributed by atoms with Crippen LogP contribution in [-0.4, -0.2) is 18.8 Å². The van der Waals surface area contributed by atoms with Crippen molar-refractivity contribution in [1.82, 2.24) is 0 Å². The van der Waals surface area contributed by atoms with Crippen LogP contribution in [0.1, 0.15) is 56.9 Å². The summed E-state index contributed by atoms with van der Waals surface area (Å²) in [5, 5.41) is 0.0635. The van der Waals surface area contributed by atoms with E-state index in [4.69, 9.17) is 21.1 Å². The maximum atomic E-state index is 6.49. The highest BCUT2D eigenvalue weighted by atomic mass is 35.5. The molecule has 0 N–H and O–H groups in total. The van der Waals surface area contributed by atoms with Gasteiger partial charge in [0.1, 0.15) is 5.75 Å². The highest BCUT2D eigenvalue weighted by Crippen LogP contribution is 2.29. The molecule has 0 bridgehead atoms. The Balaban J connectivity index is 1.80. The Morgan fingerprint density at radius 3 is 2.60 bits per heavy atom. The second-order valence-electron chi connectivity index (χ2n) is 5.77. The van der Waals surface area contributed by atoms with Crippen molar-refractivity contribution in [2.75, 3.05) is 6.61 Å². The Bertz CT molecular complexity index is 382. The lowest BCUT2D eigenvalue weighted by Gasteiger charge is -2.23. The molecule has 0 aliphatic carbocycles. The van der Waals surface area contributed by atoms with Crippen LogP contribution in [0.3, 0.4) is 0 Å². The minimum absolute atomic E-state index is 0.0635. The van der Waals surface area contributed by atoms with Crippen LogP contribution >= 0.6 is 11.6 Å². The molecule has 1 heterocycles. The molecule has 2 rings (SSSR count). The highest BCUT2D eigenvalue weighted by molar-refractivity contribution is 6.20. The molecule has 0 aromatic heterocycles. The van der Waals surface area contributed by atoms with Crippen molar-refractivity contribution in [3.8, 4) is 5.75 Å². The van der Waals surface area contributed by atoms with E-state index in [0.717, 1.165) is 25.2 Å². The summed E-state index contributed by atoms with van der Waals surface area (Å²) >= 11 is 6.49. The molecule has 1 aromatic carbocycles. The number of alkyl halides is 1. The smallest absolute Gasteiger partial charge is 0.119 e. The van der Waals surface area contributed by atoms with Crippen LogP contribution in [0.15, 0.2) is 24.3 Å². The molecule has 2 unspecified atom stereocenters. The van der Waals surface area contributed by atoms with Gasteiger partial charge in [-0.3, -0.25) is 0 Å². The van der Waals surface area contributed by atoms with E-state index in [2.05, 4.69) is 12.1 Å². The third kappa shape index (κ3) is 4.99. The first kappa shape index (κ1) is 15.7. The fourth-order valence-corrected chi connectivity index (χ4v) is 2.83. The third-order valence-corrected chi connectivity index (χ3v) is 4.10. The molecule has 1 aliphatic rings. The predicted molar refractivity (Wildman–Crippen MR) is 83.6 cm³/mol. The second kappa shape index (κ2) is 7.90. The third-order valence-electron chi connectivity index (χ3n) is 3.63. The van der Waals surface area contributed by atoms with E-state index in [9.17, 15) is 0 Å². The summed E-state index contributed by atoms with van der Waals surface area (Å²) in [4.78, 5) is 0. The Labute approximate surface area is 127 Å². The summed E-state index contributed by atoms with van der Waals surface area (Å²) in [6, 6.07) is 8.14. The van der Waals surface area contributed by atoms with E-state index in [1.165, 1.54) is 24.8 Å². The Kier molecular flexibility index (Phi) is 6.18. The van der Waals surface area contributed by atoms with Crippen molar-refractivity contribution in [2.24, 2.45) is 0 Å². The van der Waals surface area contributed by atoms with Gasteiger partial charge in [-0.25, -0.2) is 0 Å². The molecule has 112 valence electrons. The first-order valence-corrected chi connectivity index (χ1v) is 8.11.